The average molecular weight is 192 g/mol. The molecule has 0 saturated heterocycles. The molecule has 0 heterocycles. The van der Waals surface area contributed by atoms with Crippen molar-refractivity contribution in [1.29, 1.82) is 0 Å². The standard InChI is InChI=1S/C8H16O5/c1-4-13-7(10)6(12-3)8(2,11)5-9/h6,9,11H,4-5H2,1-3H3. The van der Waals surface area contributed by atoms with Crippen molar-refractivity contribution in [2.75, 3.05) is 20.3 Å². The number of hydrogen-bond donors (Lipinski definition) is 2. The van der Waals surface area contributed by atoms with Crippen LogP contribution in [0.25, 0.3) is 0 Å². The second-order valence-corrected chi connectivity index (χ2v) is 2.88. The number of carbonyl (C=O) groups excluding carboxylic acids is 1. The van der Waals surface area contributed by atoms with Crippen molar-refractivity contribution in [2.24, 2.45) is 0 Å². The lowest BCUT2D eigenvalue weighted by Gasteiger charge is -2.27. The van der Waals surface area contributed by atoms with E-state index in [1.54, 1.807) is 6.92 Å². The summed E-state index contributed by atoms with van der Waals surface area (Å²) in [6.45, 7) is 2.60. The summed E-state index contributed by atoms with van der Waals surface area (Å²) < 4.78 is 9.38. The van der Waals surface area contributed by atoms with Gasteiger partial charge in [0.25, 0.3) is 0 Å². The van der Waals surface area contributed by atoms with Gasteiger partial charge >= 0.3 is 5.97 Å². The van der Waals surface area contributed by atoms with Gasteiger partial charge in [-0.15, -0.1) is 0 Å². The summed E-state index contributed by atoms with van der Waals surface area (Å²) in [6, 6.07) is 0. The third-order valence-corrected chi connectivity index (χ3v) is 1.62. The van der Waals surface area contributed by atoms with Gasteiger partial charge in [-0.3, -0.25) is 0 Å². The normalized spacial score (nSPS) is 17.6. The van der Waals surface area contributed by atoms with E-state index in [4.69, 9.17) is 9.84 Å². The SMILES string of the molecule is CCOC(=O)C(OC)C(C)(O)CO. The number of methoxy groups -OCH3 is 1. The van der Waals surface area contributed by atoms with Crippen LogP contribution in [-0.4, -0.2) is 48.2 Å². The molecule has 0 aliphatic rings. The Morgan fingerprint density at radius 2 is 2.15 bits per heavy atom. The summed E-state index contributed by atoms with van der Waals surface area (Å²) in [6.07, 6.45) is -1.16. The zero-order chi connectivity index (χ0) is 10.5. The van der Waals surface area contributed by atoms with Crippen LogP contribution in [0, 0.1) is 0 Å². The number of carbonyl (C=O) groups is 1. The lowest BCUT2D eigenvalue weighted by Crippen LogP contribution is -2.49. The van der Waals surface area contributed by atoms with E-state index in [9.17, 15) is 9.90 Å². The first kappa shape index (κ1) is 12.3. The molecule has 0 amide bonds. The molecule has 0 rings (SSSR count). The molecule has 0 aromatic rings. The highest BCUT2D eigenvalue weighted by Crippen LogP contribution is 2.13. The van der Waals surface area contributed by atoms with Crippen molar-refractivity contribution in [3.8, 4) is 0 Å². The topological polar surface area (TPSA) is 76.0 Å². The van der Waals surface area contributed by atoms with E-state index >= 15 is 0 Å². The summed E-state index contributed by atoms with van der Waals surface area (Å²) in [5.74, 6) is -0.677. The second-order valence-electron chi connectivity index (χ2n) is 2.88. The van der Waals surface area contributed by atoms with Crippen molar-refractivity contribution >= 4 is 5.97 Å². The van der Waals surface area contributed by atoms with Gasteiger partial charge in [-0.25, -0.2) is 4.79 Å². The summed E-state index contributed by atoms with van der Waals surface area (Å²) in [5, 5.41) is 18.3. The van der Waals surface area contributed by atoms with Crippen molar-refractivity contribution in [3.05, 3.63) is 0 Å². The molecule has 0 aliphatic heterocycles. The molecule has 2 N–H and O–H groups in total. The highest BCUT2D eigenvalue weighted by atomic mass is 16.6. The third kappa shape index (κ3) is 3.30. The van der Waals surface area contributed by atoms with Gasteiger partial charge in [0.05, 0.1) is 13.2 Å². The molecule has 0 aliphatic carbocycles. The van der Waals surface area contributed by atoms with Gasteiger partial charge in [0.2, 0.25) is 0 Å². The first-order valence-electron chi connectivity index (χ1n) is 4.02. The Morgan fingerprint density at radius 3 is 2.46 bits per heavy atom. The summed E-state index contributed by atoms with van der Waals surface area (Å²) in [4.78, 5) is 11.2. The zero-order valence-electron chi connectivity index (χ0n) is 8.11. The Hall–Kier alpha value is -0.650. The van der Waals surface area contributed by atoms with Crippen molar-refractivity contribution in [2.45, 2.75) is 25.6 Å². The van der Waals surface area contributed by atoms with Gasteiger partial charge in [-0.05, 0) is 13.8 Å². The molecule has 13 heavy (non-hydrogen) atoms. The summed E-state index contributed by atoms with van der Waals surface area (Å²) >= 11 is 0. The second kappa shape index (κ2) is 5.16. The average Bonchev–Trinajstić information content (AvgIpc) is 2.05. The molecule has 0 spiro atoms. The van der Waals surface area contributed by atoms with Gasteiger partial charge in [-0.1, -0.05) is 0 Å². The van der Waals surface area contributed by atoms with Crippen LogP contribution in [0.2, 0.25) is 0 Å². The number of ether oxygens (including phenoxy) is 2. The lowest BCUT2D eigenvalue weighted by atomic mass is 10.0. The quantitative estimate of drug-likeness (QED) is 0.564. The van der Waals surface area contributed by atoms with Crippen molar-refractivity contribution in [3.63, 3.8) is 0 Å². The molecule has 0 bridgehead atoms. The molecule has 78 valence electrons. The van der Waals surface area contributed by atoms with Crippen LogP contribution in [-0.2, 0) is 14.3 Å². The molecule has 2 atom stereocenters. The Balaban J connectivity index is 4.40. The number of aliphatic hydroxyl groups excluding tert-OH is 1. The fraction of sp³-hybridized carbons (Fsp3) is 0.875. The Kier molecular flexibility index (Phi) is 4.90. The Bertz CT molecular complexity index is 166. The van der Waals surface area contributed by atoms with Crippen LogP contribution < -0.4 is 0 Å². The molecule has 5 heteroatoms. The number of rotatable bonds is 5. The maximum Gasteiger partial charge on any atom is 0.338 e. The van der Waals surface area contributed by atoms with E-state index in [1.165, 1.54) is 14.0 Å². The molecule has 0 aromatic carbocycles. The molecule has 0 saturated carbocycles. The van der Waals surface area contributed by atoms with Gasteiger partial charge in [0.1, 0.15) is 5.60 Å². The highest BCUT2D eigenvalue weighted by molar-refractivity contribution is 5.76. The predicted molar refractivity (Wildman–Crippen MR) is 45.1 cm³/mol. The van der Waals surface area contributed by atoms with E-state index in [-0.39, 0.29) is 6.61 Å². The van der Waals surface area contributed by atoms with Crippen LogP contribution >= 0.6 is 0 Å². The minimum absolute atomic E-state index is 0.209. The first-order valence-corrected chi connectivity index (χ1v) is 4.02. The van der Waals surface area contributed by atoms with E-state index in [2.05, 4.69) is 4.74 Å². The third-order valence-electron chi connectivity index (χ3n) is 1.62. The first-order chi connectivity index (χ1) is 5.99. The number of hydrogen-bond acceptors (Lipinski definition) is 5. The van der Waals surface area contributed by atoms with E-state index < -0.39 is 24.3 Å². The molecule has 5 nitrogen and oxygen atoms in total. The minimum atomic E-state index is -1.61. The Labute approximate surface area is 77.3 Å². The molecular weight excluding hydrogens is 176 g/mol. The van der Waals surface area contributed by atoms with Gasteiger partial charge in [-0.2, -0.15) is 0 Å². The van der Waals surface area contributed by atoms with E-state index in [1.807, 2.05) is 0 Å². The fourth-order valence-electron chi connectivity index (χ4n) is 0.905. The monoisotopic (exact) mass is 192 g/mol. The largest absolute Gasteiger partial charge is 0.464 e. The minimum Gasteiger partial charge on any atom is -0.464 e. The van der Waals surface area contributed by atoms with Crippen LogP contribution in [0.15, 0.2) is 0 Å². The smallest absolute Gasteiger partial charge is 0.338 e. The molecule has 2 unspecified atom stereocenters. The van der Waals surface area contributed by atoms with Gasteiger partial charge in [0, 0.05) is 7.11 Å². The maximum absolute atomic E-state index is 11.2. The van der Waals surface area contributed by atoms with Crippen molar-refractivity contribution in [1.82, 2.24) is 0 Å². The van der Waals surface area contributed by atoms with Crippen LogP contribution in [0.1, 0.15) is 13.8 Å². The molecule has 0 aromatic heterocycles. The zero-order valence-corrected chi connectivity index (χ0v) is 8.11. The summed E-state index contributed by atoms with van der Waals surface area (Å²) in [5.41, 5.74) is -1.61. The lowest BCUT2D eigenvalue weighted by molar-refractivity contribution is -0.175. The number of aliphatic hydroxyl groups is 2. The Morgan fingerprint density at radius 1 is 1.62 bits per heavy atom. The van der Waals surface area contributed by atoms with Gasteiger partial charge in [0.15, 0.2) is 6.10 Å². The molecule has 0 fully saturated rings. The molecule has 0 radical (unpaired) electrons. The highest BCUT2D eigenvalue weighted by Gasteiger charge is 2.38. The summed E-state index contributed by atoms with van der Waals surface area (Å²) in [7, 11) is 1.27. The maximum atomic E-state index is 11.2. The van der Waals surface area contributed by atoms with Crippen LogP contribution in [0.5, 0.6) is 0 Å². The van der Waals surface area contributed by atoms with Crippen LogP contribution in [0.3, 0.4) is 0 Å². The van der Waals surface area contributed by atoms with Crippen molar-refractivity contribution < 1.29 is 24.5 Å². The number of esters is 1. The fourth-order valence-corrected chi connectivity index (χ4v) is 0.905. The predicted octanol–water partition coefficient (Wildman–Crippen LogP) is -0.692. The van der Waals surface area contributed by atoms with E-state index in [0.717, 1.165) is 0 Å². The molecular formula is C8H16O5. The van der Waals surface area contributed by atoms with Gasteiger partial charge < -0.3 is 19.7 Å². The van der Waals surface area contributed by atoms with E-state index in [0.29, 0.717) is 0 Å². The van der Waals surface area contributed by atoms with Crippen LogP contribution in [0.4, 0.5) is 0 Å².